The molecule has 2 aliphatic heterocycles. The molecule has 2 aliphatic rings. The predicted octanol–water partition coefficient (Wildman–Crippen LogP) is 2.13. The summed E-state index contributed by atoms with van der Waals surface area (Å²) >= 11 is 0. The first kappa shape index (κ1) is 21.3. The summed E-state index contributed by atoms with van der Waals surface area (Å²) in [6.45, 7) is 4.90. The highest BCUT2D eigenvalue weighted by Crippen LogP contribution is 2.32. The summed E-state index contributed by atoms with van der Waals surface area (Å²) in [5.74, 6) is 0. The lowest BCUT2D eigenvalue weighted by Crippen LogP contribution is -2.69. The lowest BCUT2D eigenvalue weighted by atomic mass is 10.1. The van der Waals surface area contributed by atoms with Gasteiger partial charge in [0.2, 0.25) is 0 Å². The highest BCUT2D eigenvalue weighted by molar-refractivity contribution is 7.84. The summed E-state index contributed by atoms with van der Waals surface area (Å²) in [6.07, 6.45) is -1.93. The van der Waals surface area contributed by atoms with Gasteiger partial charge in [0.1, 0.15) is 18.4 Å². The van der Waals surface area contributed by atoms with Crippen molar-refractivity contribution in [2.75, 3.05) is 6.61 Å². The van der Waals surface area contributed by atoms with Crippen LogP contribution in [-0.4, -0.2) is 54.4 Å². The lowest BCUT2D eigenvalue weighted by Gasteiger charge is -2.48. The molecule has 2 amide bonds. The van der Waals surface area contributed by atoms with Gasteiger partial charge in [-0.25, -0.2) is 14.6 Å². The number of hydrogen-bond donors (Lipinski definition) is 1. The smallest absolute Gasteiger partial charge is 0.426 e. The fourth-order valence-electron chi connectivity index (χ4n) is 3.12. The largest absolute Gasteiger partial charge is 0.444 e. The number of rotatable bonds is 3. The zero-order valence-corrected chi connectivity index (χ0v) is 17.3. The van der Waals surface area contributed by atoms with Crippen molar-refractivity contribution in [1.82, 2.24) is 14.7 Å². The third-order valence-electron chi connectivity index (χ3n) is 4.31. The molecule has 160 valence electrons. The first-order chi connectivity index (χ1) is 13.6. The van der Waals surface area contributed by atoms with Crippen LogP contribution in [0.15, 0.2) is 30.3 Å². The second kappa shape index (κ2) is 8.17. The van der Waals surface area contributed by atoms with Crippen LogP contribution in [-0.2, 0) is 30.6 Å². The topological polar surface area (TPSA) is 114 Å². The van der Waals surface area contributed by atoms with Gasteiger partial charge in [0, 0.05) is 0 Å². The van der Waals surface area contributed by atoms with Gasteiger partial charge >= 0.3 is 22.5 Å². The minimum atomic E-state index is -4.28. The first-order valence-corrected chi connectivity index (χ1v) is 10.6. The van der Waals surface area contributed by atoms with Gasteiger partial charge in [0.15, 0.2) is 0 Å². The lowest BCUT2D eigenvalue weighted by molar-refractivity contribution is -0.0957. The molecule has 2 bridgehead atoms. The van der Waals surface area contributed by atoms with Crippen molar-refractivity contribution in [2.45, 2.75) is 58.0 Å². The van der Waals surface area contributed by atoms with Crippen LogP contribution in [0.25, 0.3) is 0 Å². The van der Waals surface area contributed by atoms with Crippen molar-refractivity contribution in [3.63, 3.8) is 0 Å². The number of amides is 2. The molecule has 3 rings (SSSR count). The maximum Gasteiger partial charge on any atom is 0.426 e. The van der Waals surface area contributed by atoms with Gasteiger partial charge in [0.05, 0.1) is 12.6 Å². The van der Waals surface area contributed by atoms with E-state index in [1.54, 1.807) is 45.0 Å². The van der Waals surface area contributed by atoms with Gasteiger partial charge in [-0.05, 0) is 39.2 Å². The number of ether oxygens (including phenoxy) is 2. The van der Waals surface area contributed by atoms with Gasteiger partial charge in [-0.15, -0.1) is 0 Å². The Kier molecular flexibility index (Phi) is 6.01. The molecule has 0 radical (unpaired) electrons. The Morgan fingerprint density at radius 2 is 1.90 bits per heavy atom. The van der Waals surface area contributed by atoms with Gasteiger partial charge in [-0.3, -0.25) is 4.18 Å². The molecule has 1 aromatic rings. The van der Waals surface area contributed by atoms with E-state index in [9.17, 15) is 18.0 Å². The molecule has 0 saturated carbocycles. The monoisotopic (exact) mass is 427 g/mol. The van der Waals surface area contributed by atoms with Crippen molar-refractivity contribution >= 4 is 22.5 Å². The average Bonchev–Trinajstić information content (AvgIpc) is 2.63. The fourth-order valence-corrected chi connectivity index (χ4v) is 4.44. The van der Waals surface area contributed by atoms with E-state index in [2.05, 4.69) is 5.32 Å². The summed E-state index contributed by atoms with van der Waals surface area (Å²) < 4.78 is 41.2. The highest BCUT2D eigenvalue weighted by Gasteiger charge is 2.51. The quantitative estimate of drug-likeness (QED) is 0.786. The Morgan fingerprint density at radius 3 is 2.55 bits per heavy atom. The van der Waals surface area contributed by atoms with Crippen LogP contribution in [0.1, 0.15) is 39.2 Å². The average molecular weight is 427 g/mol. The van der Waals surface area contributed by atoms with E-state index in [1.165, 1.54) is 0 Å². The van der Waals surface area contributed by atoms with Gasteiger partial charge in [-0.2, -0.15) is 8.42 Å². The molecule has 1 N–H and O–H groups in total. The molecule has 29 heavy (non-hydrogen) atoms. The minimum Gasteiger partial charge on any atom is -0.444 e. The zero-order chi connectivity index (χ0) is 21.2. The summed E-state index contributed by atoms with van der Waals surface area (Å²) in [6, 6.07) is 8.51. The highest BCUT2D eigenvalue weighted by atomic mass is 32.2. The normalized spacial score (nSPS) is 25.8. The molecular weight excluding hydrogens is 402 g/mol. The Balaban J connectivity index is 1.76. The standard InChI is InChI=1S/C18H25N3O7S/c1-18(2,3)28-16(22)19-15-10-9-14-12-27-29(24,25)21(15)20(14)17(23)26-11-13-7-5-4-6-8-13/h4-8,14-15H,9-12H2,1-3H3,(H,19,22)/t14-,15?/m0/s1. The number of benzene rings is 1. The molecular formula is C18H25N3O7S. The summed E-state index contributed by atoms with van der Waals surface area (Å²) in [7, 11) is -4.28. The van der Waals surface area contributed by atoms with E-state index >= 15 is 0 Å². The zero-order valence-electron chi connectivity index (χ0n) is 16.5. The molecule has 2 saturated heterocycles. The van der Waals surface area contributed by atoms with E-state index in [-0.39, 0.29) is 13.2 Å². The van der Waals surface area contributed by atoms with Crippen LogP contribution in [0.4, 0.5) is 9.59 Å². The SMILES string of the molecule is CC(C)(C)OC(=O)NC1CC[C@H]2COS(=O)(=O)N1N2C(=O)OCc1ccccc1. The Morgan fingerprint density at radius 1 is 1.21 bits per heavy atom. The molecule has 2 unspecified atom stereocenters. The number of alkyl carbamates (subject to hydrolysis) is 1. The number of nitrogens with zero attached hydrogens (tertiary/aromatic N) is 2. The summed E-state index contributed by atoms with van der Waals surface area (Å²) in [4.78, 5) is 24.9. The van der Waals surface area contributed by atoms with E-state index in [0.29, 0.717) is 12.8 Å². The maximum atomic E-state index is 12.7. The van der Waals surface area contributed by atoms with Crippen molar-refractivity contribution < 1.29 is 31.7 Å². The Bertz CT molecular complexity index is 854. The van der Waals surface area contributed by atoms with E-state index in [4.69, 9.17) is 13.7 Å². The van der Waals surface area contributed by atoms with E-state index in [1.807, 2.05) is 6.07 Å². The Hall–Kier alpha value is -2.37. The number of hydrogen-bond acceptors (Lipinski definition) is 7. The number of carbonyl (C=O) groups excluding carboxylic acids is 2. The number of nitrogens with one attached hydrogen (secondary N) is 1. The fraction of sp³-hybridized carbons (Fsp3) is 0.556. The number of carbonyl (C=O) groups is 2. The van der Waals surface area contributed by atoms with Crippen LogP contribution in [0.5, 0.6) is 0 Å². The van der Waals surface area contributed by atoms with Crippen LogP contribution < -0.4 is 5.32 Å². The van der Waals surface area contributed by atoms with E-state index in [0.717, 1.165) is 15.0 Å². The maximum absolute atomic E-state index is 12.7. The first-order valence-electron chi connectivity index (χ1n) is 9.25. The summed E-state index contributed by atoms with van der Waals surface area (Å²) in [5, 5.41) is 3.51. The molecule has 2 fully saturated rings. The molecule has 0 aliphatic carbocycles. The number of hydrazine groups is 1. The van der Waals surface area contributed by atoms with Crippen molar-refractivity contribution in [1.29, 1.82) is 0 Å². The van der Waals surface area contributed by atoms with Crippen LogP contribution in [0.3, 0.4) is 0 Å². The van der Waals surface area contributed by atoms with Crippen molar-refractivity contribution in [3.8, 4) is 0 Å². The molecule has 0 aromatic heterocycles. The van der Waals surface area contributed by atoms with Gasteiger partial charge in [0.25, 0.3) is 0 Å². The second-order valence-corrected chi connectivity index (χ2v) is 9.26. The molecule has 3 atom stereocenters. The Labute approximate surface area is 169 Å². The molecule has 11 heteroatoms. The van der Waals surface area contributed by atoms with Crippen molar-refractivity contribution in [2.24, 2.45) is 0 Å². The third kappa shape index (κ3) is 5.17. The third-order valence-corrected chi connectivity index (χ3v) is 5.63. The predicted molar refractivity (Wildman–Crippen MR) is 101 cm³/mol. The molecule has 2 heterocycles. The van der Waals surface area contributed by atoms with Crippen molar-refractivity contribution in [3.05, 3.63) is 35.9 Å². The molecule has 0 spiro atoms. The minimum absolute atomic E-state index is 0.0121. The van der Waals surface area contributed by atoms with Gasteiger partial charge < -0.3 is 14.8 Å². The van der Waals surface area contributed by atoms with Crippen LogP contribution >= 0.6 is 0 Å². The van der Waals surface area contributed by atoms with E-state index < -0.39 is 40.3 Å². The van der Waals surface area contributed by atoms with Crippen LogP contribution in [0.2, 0.25) is 0 Å². The van der Waals surface area contributed by atoms with Crippen LogP contribution in [0, 0.1) is 0 Å². The van der Waals surface area contributed by atoms with Gasteiger partial charge in [-0.1, -0.05) is 34.7 Å². The number of fused-ring (bicyclic) bond motifs is 2. The molecule has 10 nitrogen and oxygen atoms in total. The second-order valence-electron chi connectivity index (χ2n) is 7.79. The summed E-state index contributed by atoms with van der Waals surface area (Å²) in [5.41, 5.74) is 0.00732. The molecule has 1 aromatic carbocycles.